The van der Waals surface area contributed by atoms with Gasteiger partial charge in [-0.2, -0.15) is 0 Å². The predicted octanol–water partition coefficient (Wildman–Crippen LogP) is 3.92. The summed E-state index contributed by atoms with van der Waals surface area (Å²) >= 11 is 0. The van der Waals surface area contributed by atoms with E-state index in [1.165, 1.54) is 21.3 Å². The first-order valence-electron chi connectivity index (χ1n) is 9.22. The Hall–Kier alpha value is -3.23. The van der Waals surface area contributed by atoms with Crippen LogP contribution < -0.4 is 29.6 Å². The molecule has 0 saturated carbocycles. The predicted molar refractivity (Wildman–Crippen MR) is 108 cm³/mol. The molecule has 0 aliphatic rings. The van der Waals surface area contributed by atoms with Crippen molar-refractivity contribution >= 4 is 6.03 Å². The standard InChI is InChI=1S/C21H26F2N2O5/c1-13(15-9-17(27-2)20(29-4)18(10-15)28-3)25-21(26)24-11-14-6-5-7-16(8-14)30-12-19(22)23/h5-10,13,19H,11-12H2,1-4H3,(H2,24,25,26). The quantitative estimate of drug-likeness (QED) is 0.605. The highest BCUT2D eigenvalue weighted by Gasteiger charge is 2.17. The van der Waals surface area contributed by atoms with Gasteiger partial charge in [-0.25, -0.2) is 13.6 Å². The smallest absolute Gasteiger partial charge is 0.315 e. The molecule has 1 atom stereocenters. The Morgan fingerprint density at radius 1 is 1.03 bits per heavy atom. The van der Waals surface area contributed by atoms with Gasteiger partial charge in [-0.3, -0.25) is 0 Å². The lowest BCUT2D eigenvalue weighted by molar-refractivity contribution is 0.0818. The number of alkyl halides is 2. The van der Waals surface area contributed by atoms with Crippen LogP contribution in [0.4, 0.5) is 13.6 Å². The summed E-state index contributed by atoms with van der Waals surface area (Å²) < 4.78 is 45.5. The molecule has 7 nitrogen and oxygen atoms in total. The van der Waals surface area contributed by atoms with Gasteiger partial charge in [0, 0.05) is 6.54 Å². The van der Waals surface area contributed by atoms with Gasteiger partial charge in [0.25, 0.3) is 6.43 Å². The van der Waals surface area contributed by atoms with Crippen molar-refractivity contribution in [1.82, 2.24) is 10.6 Å². The SMILES string of the molecule is COc1cc(C(C)NC(=O)NCc2cccc(OCC(F)F)c2)cc(OC)c1OC. The molecule has 0 radical (unpaired) electrons. The number of urea groups is 1. The third kappa shape index (κ3) is 6.40. The van der Waals surface area contributed by atoms with Crippen LogP contribution in [0.25, 0.3) is 0 Å². The monoisotopic (exact) mass is 424 g/mol. The van der Waals surface area contributed by atoms with Gasteiger partial charge in [-0.15, -0.1) is 0 Å². The minimum absolute atomic E-state index is 0.208. The zero-order valence-electron chi connectivity index (χ0n) is 17.3. The van der Waals surface area contributed by atoms with Gasteiger partial charge < -0.3 is 29.6 Å². The van der Waals surface area contributed by atoms with Crippen molar-refractivity contribution in [2.24, 2.45) is 0 Å². The van der Waals surface area contributed by atoms with E-state index in [1.54, 1.807) is 36.4 Å². The third-order valence-corrected chi connectivity index (χ3v) is 4.26. The van der Waals surface area contributed by atoms with Gasteiger partial charge >= 0.3 is 6.03 Å². The van der Waals surface area contributed by atoms with Gasteiger partial charge in [0.15, 0.2) is 11.5 Å². The van der Waals surface area contributed by atoms with Gasteiger partial charge in [-0.05, 0) is 42.3 Å². The lowest BCUT2D eigenvalue weighted by atomic mass is 10.1. The number of halogens is 2. The molecule has 2 aromatic carbocycles. The second kappa shape index (κ2) is 11.1. The molecule has 0 aliphatic carbocycles. The summed E-state index contributed by atoms with van der Waals surface area (Å²) in [4.78, 5) is 12.3. The van der Waals surface area contributed by atoms with E-state index in [-0.39, 0.29) is 12.6 Å². The van der Waals surface area contributed by atoms with Crippen LogP contribution in [0.2, 0.25) is 0 Å². The average molecular weight is 424 g/mol. The number of hydrogen-bond acceptors (Lipinski definition) is 5. The number of carbonyl (C=O) groups is 1. The Morgan fingerprint density at radius 3 is 2.27 bits per heavy atom. The van der Waals surface area contributed by atoms with E-state index >= 15 is 0 Å². The lowest BCUT2D eigenvalue weighted by Crippen LogP contribution is -2.36. The molecule has 30 heavy (non-hydrogen) atoms. The number of nitrogens with one attached hydrogen (secondary N) is 2. The molecule has 2 amide bonds. The Kier molecular flexibility index (Phi) is 8.52. The van der Waals surface area contributed by atoms with Crippen LogP contribution >= 0.6 is 0 Å². The zero-order chi connectivity index (χ0) is 22.1. The van der Waals surface area contributed by atoms with Crippen molar-refractivity contribution in [2.75, 3.05) is 27.9 Å². The molecular formula is C21H26F2N2O5. The molecule has 0 saturated heterocycles. The van der Waals surface area contributed by atoms with Crippen LogP contribution in [0.3, 0.4) is 0 Å². The Bertz CT molecular complexity index is 823. The Balaban J connectivity index is 1.97. The first kappa shape index (κ1) is 23.1. The van der Waals surface area contributed by atoms with Crippen LogP contribution in [-0.4, -0.2) is 40.4 Å². The molecule has 0 spiro atoms. The van der Waals surface area contributed by atoms with E-state index in [4.69, 9.17) is 18.9 Å². The fraction of sp³-hybridized carbons (Fsp3) is 0.381. The summed E-state index contributed by atoms with van der Waals surface area (Å²) in [7, 11) is 4.55. The summed E-state index contributed by atoms with van der Waals surface area (Å²) in [6, 6.07) is 9.40. The summed E-state index contributed by atoms with van der Waals surface area (Å²) in [5, 5.41) is 5.56. The number of ether oxygens (including phenoxy) is 4. The Morgan fingerprint density at radius 2 is 1.70 bits per heavy atom. The fourth-order valence-electron chi connectivity index (χ4n) is 2.77. The third-order valence-electron chi connectivity index (χ3n) is 4.26. The van der Waals surface area contributed by atoms with E-state index in [0.717, 1.165) is 11.1 Å². The number of benzene rings is 2. The lowest BCUT2D eigenvalue weighted by Gasteiger charge is -2.19. The summed E-state index contributed by atoms with van der Waals surface area (Å²) in [5.41, 5.74) is 1.49. The molecule has 0 aromatic heterocycles. The maximum Gasteiger partial charge on any atom is 0.315 e. The zero-order valence-corrected chi connectivity index (χ0v) is 17.3. The van der Waals surface area contributed by atoms with Crippen LogP contribution in [0.1, 0.15) is 24.1 Å². The van der Waals surface area contributed by atoms with E-state index < -0.39 is 19.1 Å². The number of methoxy groups -OCH3 is 3. The summed E-state index contributed by atoms with van der Waals surface area (Å²) in [5.74, 6) is 1.76. The second-order valence-corrected chi connectivity index (χ2v) is 6.36. The van der Waals surface area contributed by atoms with Gasteiger partial charge in [-0.1, -0.05) is 12.1 Å². The minimum atomic E-state index is -2.55. The average Bonchev–Trinajstić information content (AvgIpc) is 2.75. The van der Waals surface area contributed by atoms with E-state index in [2.05, 4.69) is 10.6 Å². The number of carbonyl (C=O) groups excluding carboxylic acids is 1. The minimum Gasteiger partial charge on any atom is -0.493 e. The number of hydrogen-bond donors (Lipinski definition) is 2. The maximum absolute atomic E-state index is 12.3. The maximum atomic E-state index is 12.3. The largest absolute Gasteiger partial charge is 0.493 e. The molecule has 9 heteroatoms. The van der Waals surface area contributed by atoms with Crippen LogP contribution in [0.15, 0.2) is 36.4 Å². The molecular weight excluding hydrogens is 398 g/mol. The fourth-order valence-corrected chi connectivity index (χ4v) is 2.77. The molecule has 164 valence electrons. The molecule has 2 N–H and O–H groups in total. The van der Waals surface area contributed by atoms with Crippen molar-refractivity contribution in [2.45, 2.75) is 25.9 Å². The van der Waals surface area contributed by atoms with Crippen LogP contribution in [-0.2, 0) is 6.54 Å². The topological polar surface area (TPSA) is 78.1 Å². The van der Waals surface area contributed by atoms with Crippen LogP contribution in [0, 0.1) is 0 Å². The van der Waals surface area contributed by atoms with Gasteiger partial charge in [0.2, 0.25) is 5.75 Å². The van der Waals surface area contributed by atoms with E-state index in [1.807, 2.05) is 6.92 Å². The highest BCUT2D eigenvalue weighted by molar-refractivity contribution is 5.74. The van der Waals surface area contributed by atoms with Crippen molar-refractivity contribution in [3.63, 3.8) is 0 Å². The number of rotatable bonds is 10. The molecule has 2 aromatic rings. The molecule has 1 unspecified atom stereocenters. The van der Waals surface area contributed by atoms with Gasteiger partial charge in [0.05, 0.1) is 27.4 Å². The van der Waals surface area contributed by atoms with Crippen molar-refractivity contribution in [1.29, 1.82) is 0 Å². The van der Waals surface area contributed by atoms with Crippen LogP contribution in [0.5, 0.6) is 23.0 Å². The molecule has 0 bridgehead atoms. The summed E-state index contributed by atoms with van der Waals surface area (Å²) in [6.45, 7) is 1.35. The second-order valence-electron chi connectivity index (χ2n) is 6.36. The molecule has 0 aliphatic heterocycles. The summed E-state index contributed by atoms with van der Waals surface area (Å²) in [6.07, 6.45) is -2.55. The highest BCUT2D eigenvalue weighted by Crippen LogP contribution is 2.39. The van der Waals surface area contributed by atoms with Gasteiger partial charge in [0.1, 0.15) is 12.4 Å². The molecule has 2 rings (SSSR count). The normalized spacial score (nSPS) is 11.6. The van der Waals surface area contributed by atoms with E-state index in [9.17, 15) is 13.6 Å². The van der Waals surface area contributed by atoms with E-state index in [0.29, 0.717) is 23.0 Å². The number of amides is 2. The highest BCUT2D eigenvalue weighted by atomic mass is 19.3. The first-order valence-corrected chi connectivity index (χ1v) is 9.22. The molecule has 0 heterocycles. The van der Waals surface area contributed by atoms with Crippen molar-refractivity contribution in [3.05, 3.63) is 47.5 Å². The van der Waals surface area contributed by atoms with Crippen molar-refractivity contribution < 1.29 is 32.5 Å². The first-order chi connectivity index (χ1) is 14.4. The Labute approximate surface area is 174 Å². The molecule has 0 fully saturated rings. The van der Waals surface area contributed by atoms with Crippen molar-refractivity contribution in [3.8, 4) is 23.0 Å².